The van der Waals surface area contributed by atoms with Crippen molar-refractivity contribution < 1.29 is 4.74 Å². The van der Waals surface area contributed by atoms with Gasteiger partial charge in [-0.05, 0) is 48.9 Å². The highest BCUT2D eigenvalue weighted by Crippen LogP contribution is 2.31. The second kappa shape index (κ2) is 6.95. The SMILES string of the molecule is CNC(CC(C)CC(C)(C)C)c1cccc(OC)c1. The van der Waals surface area contributed by atoms with Crippen LogP contribution in [0.1, 0.15) is 52.1 Å². The van der Waals surface area contributed by atoms with Crippen LogP contribution in [0, 0.1) is 11.3 Å². The zero-order valence-corrected chi connectivity index (χ0v) is 13.3. The molecule has 2 heteroatoms. The van der Waals surface area contributed by atoms with Crippen LogP contribution in [-0.2, 0) is 0 Å². The number of nitrogens with one attached hydrogen (secondary N) is 1. The molecule has 0 amide bonds. The normalized spacial score (nSPS) is 15.1. The summed E-state index contributed by atoms with van der Waals surface area (Å²) in [7, 11) is 3.75. The smallest absolute Gasteiger partial charge is 0.119 e. The van der Waals surface area contributed by atoms with Gasteiger partial charge in [-0.3, -0.25) is 0 Å². The van der Waals surface area contributed by atoms with E-state index in [0.29, 0.717) is 17.4 Å². The van der Waals surface area contributed by atoms with Gasteiger partial charge in [0, 0.05) is 6.04 Å². The van der Waals surface area contributed by atoms with Gasteiger partial charge in [0.1, 0.15) is 5.75 Å². The fourth-order valence-electron chi connectivity index (χ4n) is 2.81. The molecule has 2 atom stereocenters. The molecule has 0 heterocycles. The molecule has 0 radical (unpaired) electrons. The van der Waals surface area contributed by atoms with Gasteiger partial charge < -0.3 is 10.1 Å². The lowest BCUT2D eigenvalue weighted by Crippen LogP contribution is -2.21. The number of hydrogen-bond acceptors (Lipinski definition) is 2. The van der Waals surface area contributed by atoms with Gasteiger partial charge in [-0.25, -0.2) is 0 Å². The van der Waals surface area contributed by atoms with Crippen molar-refractivity contribution in [2.24, 2.45) is 11.3 Å². The highest BCUT2D eigenvalue weighted by atomic mass is 16.5. The lowest BCUT2D eigenvalue weighted by molar-refractivity contribution is 0.279. The van der Waals surface area contributed by atoms with E-state index in [1.165, 1.54) is 12.0 Å². The highest BCUT2D eigenvalue weighted by molar-refractivity contribution is 5.30. The van der Waals surface area contributed by atoms with Gasteiger partial charge >= 0.3 is 0 Å². The summed E-state index contributed by atoms with van der Waals surface area (Å²) in [6, 6.07) is 8.76. The number of benzene rings is 1. The molecule has 1 aromatic carbocycles. The summed E-state index contributed by atoms with van der Waals surface area (Å²) in [5.74, 6) is 1.63. The Hall–Kier alpha value is -1.02. The lowest BCUT2D eigenvalue weighted by Gasteiger charge is -2.27. The molecule has 0 aromatic heterocycles. The predicted molar refractivity (Wildman–Crippen MR) is 82.6 cm³/mol. The Morgan fingerprint density at radius 2 is 1.95 bits per heavy atom. The summed E-state index contributed by atoms with van der Waals surface area (Å²) in [6.45, 7) is 9.27. The summed E-state index contributed by atoms with van der Waals surface area (Å²) in [5.41, 5.74) is 1.70. The minimum absolute atomic E-state index is 0.395. The molecule has 1 rings (SSSR count). The maximum absolute atomic E-state index is 5.31. The van der Waals surface area contributed by atoms with Crippen LogP contribution >= 0.6 is 0 Å². The van der Waals surface area contributed by atoms with Gasteiger partial charge in [0.05, 0.1) is 7.11 Å². The fraction of sp³-hybridized carbons (Fsp3) is 0.647. The van der Waals surface area contributed by atoms with Crippen molar-refractivity contribution in [1.82, 2.24) is 5.32 Å². The summed E-state index contributed by atoms with van der Waals surface area (Å²) >= 11 is 0. The first kappa shape index (κ1) is 16.0. The molecule has 1 aromatic rings. The Kier molecular flexibility index (Phi) is 5.86. The van der Waals surface area contributed by atoms with Crippen LogP contribution in [0.4, 0.5) is 0 Å². The van der Waals surface area contributed by atoms with Crippen LogP contribution in [0.15, 0.2) is 24.3 Å². The molecule has 0 aliphatic heterocycles. The van der Waals surface area contributed by atoms with E-state index in [1.807, 2.05) is 13.1 Å². The molecule has 0 saturated carbocycles. The minimum atomic E-state index is 0.395. The zero-order chi connectivity index (χ0) is 14.5. The Balaban J connectivity index is 2.72. The quantitative estimate of drug-likeness (QED) is 0.820. The van der Waals surface area contributed by atoms with Crippen molar-refractivity contribution in [3.8, 4) is 5.75 Å². The summed E-state index contributed by atoms with van der Waals surface area (Å²) < 4.78 is 5.31. The van der Waals surface area contributed by atoms with Crippen molar-refractivity contribution in [3.63, 3.8) is 0 Å². The monoisotopic (exact) mass is 263 g/mol. The molecule has 0 spiro atoms. The first-order chi connectivity index (χ1) is 8.85. The van der Waals surface area contributed by atoms with E-state index >= 15 is 0 Å². The maximum Gasteiger partial charge on any atom is 0.119 e. The molecule has 0 saturated heterocycles. The van der Waals surface area contributed by atoms with E-state index in [9.17, 15) is 0 Å². The minimum Gasteiger partial charge on any atom is -0.497 e. The van der Waals surface area contributed by atoms with Gasteiger partial charge in [-0.2, -0.15) is 0 Å². The standard InChI is InChI=1S/C17H29NO/c1-13(12-17(2,3)4)10-16(18-5)14-8-7-9-15(11-14)19-6/h7-9,11,13,16,18H,10,12H2,1-6H3. The Labute approximate surface area is 118 Å². The van der Waals surface area contributed by atoms with Crippen LogP contribution < -0.4 is 10.1 Å². The highest BCUT2D eigenvalue weighted by Gasteiger charge is 2.19. The second-order valence-corrected chi connectivity index (χ2v) is 6.72. The van der Waals surface area contributed by atoms with Gasteiger partial charge in [0.25, 0.3) is 0 Å². The van der Waals surface area contributed by atoms with Gasteiger partial charge in [0.2, 0.25) is 0 Å². The zero-order valence-electron chi connectivity index (χ0n) is 13.3. The number of methoxy groups -OCH3 is 1. The molecule has 2 nitrogen and oxygen atoms in total. The van der Waals surface area contributed by atoms with E-state index in [-0.39, 0.29) is 0 Å². The molecule has 0 aliphatic carbocycles. The third kappa shape index (κ3) is 5.65. The van der Waals surface area contributed by atoms with Crippen LogP contribution in [0.5, 0.6) is 5.75 Å². The van der Waals surface area contributed by atoms with Crippen molar-refractivity contribution in [3.05, 3.63) is 29.8 Å². The average molecular weight is 263 g/mol. The van der Waals surface area contributed by atoms with Gasteiger partial charge in [-0.1, -0.05) is 39.8 Å². The van der Waals surface area contributed by atoms with Gasteiger partial charge in [-0.15, -0.1) is 0 Å². The Morgan fingerprint density at radius 3 is 2.47 bits per heavy atom. The third-order valence-electron chi connectivity index (χ3n) is 3.44. The van der Waals surface area contributed by atoms with Crippen LogP contribution in [0.2, 0.25) is 0 Å². The van der Waals surface area contributed by atoms with Crippen LogP contribution in [-0.4, -0.2) is 14.2 Å². The number of rotatable bonds is 6. The van der Waals surface area contributed by atoms with E-state index in [1.54, 1.807) is 7.11 Å². The first-order valence-electron chi connectivity index (χ1n) is 7.17. The van der Waals surface area contributed by atoms with Crippen LogP contribution in [0.25, 0.3) is 0 Å². The molecule has 2 unspecified atom stereocenters. The topological polar surface area (TPSA) is 21.3 Å². The average Bonchev–Trinajstić information content (AvgIpc) is 2.34. The Bertz CT molecular complexity index is 381. The predicted octanol–water partition coefficient (Wildman–Crippen LogP) is 4.42. The molecular formula is C17H29NO. The van der Waals surface area contributed by atoms with Crippen LogP contribution in [0.3, 0.4) is 0 Å². The molecule has 0 bridgehead atoms. The van der Waals surface area contributed by atoms with Crippen molar-refractivity contribution in [1.29, 1.82) is 0 Å². The summed E-state index contributed by atoms with van der Waals surface area (Å²) in [4.78, 5) is 0. The Morgan fingerprint density at radius 1 is 1.26 bits per heavy atom. The number of ether oxygens (including phenoxy) is 1. The van der Waals surface area contributed by atoms with Crippen molar-refractivity contribution in [2.45, 2.75) is 46.6 Å². The molecule has 19 heavy (non-hydrogen) atoms. The summed E-state index contributed by atoms with van der Waals surface area (Å²) in [6.07, 6.45) is 2.40. The molecular weight excluding hydrogens is 234 g/mol. The van der Waals surface area contributed by atoms with Crippen molar-refractivity contribution in [2.75, 3.05) is 14.2 Å². The lowest BCUT2D eigenvalue weighted by atomic mass is 9.82. The van der Waals surface area contributed by atoms with E-state index in [4.69, 9.17) is 4.74 Å². The third-order valence-corrected chi connectivity index (χ3v) is 3.44. The van der Waals surface area contributed by atoms with E-state index in [2.05, 4.69) is 51.2 Å². The second-order valence-electron chi connectivity index (χ2n) is 6.72. The molecule has 0 fully saturated rings. The molecule has 108 valence electrons. The van der Waals surface area contributed by atoms with Gasteiger partial charge in [0.15, 0.2) is 0 Å². The van der Waals surface area contributed by atoms with E-state index in [0.717, 1.165) is 12.2 Å². The van der Waals surface area contributed by atoms with E-state index < -0.39 is 0 Å². The maximum atomic E-state index is 5.31. The van der Waals surface area contributed by atoms with Crippen molar-refractivity contribution >= 4 is 0 Å². The first-order valence-corrected chi connectivity index (χ1v) is 7.17. The summed E-state index contributed by atoms with van der Waals surface area (Å²) in [5, 5.41) is 3.43. The molecule has 0 aliphatic rings. The largest absolute Gasteiger partial charge is 0.497 e. The number of hydrogen-bond donors (Lipinski definition) is 1. The fourth-order valence-corrected chi connectivity index (χ4v) is 2.81. The molecule has 1 N–H and O–H groups in total.